The zero-order valence-corrected chi connectivity index (χ0v) is 10.0. The van der Waals surface area contributed by atoms with Gasteiger partial charge in [-0.25, -0.2) is 9.78 Å². The number of amides is 1. The van der Waals surface area contributed by atoms with Crippen molar-refractivity contribution >= 4 is 11.9 Å². The van der Waals surface area contributed by atoms with Crippen LogP contribution in [0.2, 0.25) is 0 Å². The van der Waals surface area contributed by atoms with Crippen molar-refractivity contribution in [2.24, 2.45) is 0 Å². The van der Waals surface area contributed by atoms with Crippen LogP contribution < -0.4 is 0 Å². The Morgan fingerprint density at radius 1 is 1.50 bits per heavy atom. The highest BCUT2D eigenvalue weighted by Crippen LogP contribution is 2.16. The number of rotatable bonds is 4. The Bertz CT molecular complexity index is 483. The molecule has 1 aliphatic heterocycles. The first kappa shape index (κ1) is 12.5. The second kappa shape index (κ2) is 5.14. The lowest BCUT2D eigenvalue weighted by molar-refractivity contribution is 0.0619. The van der Waals surface area contributed by atoms with Crippen LogP contribution in [0.5, 0.6) is 0 Å². The monoisotopic (exact) mass is 250 g/mol. The van der Waals surface area contributed by atoms with E-state index in [0.29, 0.717) is 18.7 Å². The van der Waals surface area contributed by atoms with Crippen molar-refractivity contribution in [3.05, 3.63) is 29.1 Å². The molecule has 1 N–H and O–H groups in total. The molecule has 0 saturated carbocycles. The summed E-state index contributed by atoms with van der Waals surface area (Å²) in [6, 6.07) is 1.44. The lowest BCUT2D eigenvalue weighted by atomic mass is 10.1. The molecule has 0 radical (unpaired) electrons. The van der Waals surface area contributed by atoms with Crippen LogP contribution in [0.15, 0.2) is 12.3 Å². The zero-order chi connectivity index (χ0) is 13.1. The molecule has 2 heterocycles. The fraction of sp³-hybridized carbons (Fsp3) is 0.417. The molecular formula is C12H14N2O4. The van der Waals surface area contributed by atoms with E-state index in [0.717, 1.165) is 6.42 Å². The molecule has 96 valence electrons. The molecule has 0 bridgehead atoms. The van der Waals surface area contributed by atoms with Gasteiger partial charge in [0.15, 0.2) is 0 Å². The fourth-order valence-corrected chi connectivity index (χ4v) is 1.76. The summed E-state index contributed by atoms with van der Waals surface area (Å²) >= 11 is 0. The third kappa shape index (κ3) is 2.33. The maximum atomic E-state index is 12.0. The van der Waals surface area contributed by atoms with Crippen molar-refractivity contribution in [3.8, 4) is 0 Å². The highest BCUT2D eigenvalue weighted by molar-refractivity contribution is 6.03. The molecule has 1 fully saturated rings. The third-order valence-electron chi connectivity index (χ3n) is 2.83. The topological polar surface area (TPSA) is 79.7 Å². The van der Waals surface area contributed by atoms with Crippen LogP contribution in [0.4, 0.5) is 0 Å². The number of aromatic nitrogens is 1. The Labute approximate surface area is 104 Å². The first-order valence-electron chi connectivity index (χ1n) is 5.64. The molecule has 0 spiro atoms. The van der Waals surface area contributed by atoms with Gasteiger partial charge < -0.3 is 14.7 Å². The Morgan fingerprint density at radius 2 is 2.22 bits per heavy atom. The highest BCUT2D eigenvalue weighted by Gasteiger charge is 2.27. The Kier molecular flexibility index (Phi) is 3.57. The lowest BCUT2D eigenvalue weighted by Gasteiger charge is -2.30. The van der Waals surface area contributed by atoms with Crippen LogP contribution in [-0.4, -0.2) is 47.1 Å². The Hall–Kier alpha value is -1.95. The number of likely N-dealkylation sites (tertiary alicyclic amines) is 1. The van der Waals surface area contributed by atoms with Crippen molar-refractivity contribution in [2.45, 2.75) is 13.0 Å². The molecule has 1 aromatic rings. The van der Waals surface area contributed by atoms with E-state index >= 15 is 0 Å². The Morgan fingerprint density at radius 3 is 2.72 bits per heavy atom. The quantitative estimate of drug-likeness (QED) is 0.853. The molecule has 0 atom stereocenters. The molecule has 18 heavy (non-hydrogen) atoms. The summed E-state index contributed by atoms with van der Waals surface area (Å²) < 4.78 is 4.91. The number of nitrogens with zero attached hydrogens (tertiary/aromatic N) is 2. The SMILES string of the molecule is COCc1cnc(C(=O)N2CCC2)c(C(=O)O)c1. The van der Waals surface area contributed by atoms with E-state index in [-0.39, 0.29) is 23.8 Å². The summed E-state index contributed by atoms with van der Waals surface area (Å²) in [4.78, 5) is 28.7. The predicted octanol–water partition coefficient (Wildman–Crippen LogP) is 0.772. The largest absolute Gasteiger partial charge is 0.478 e. The molecule has 6 heteroatoms. The van der Waals surface area contributed by atoms with E-state index in [9.17, 15) is 9.59 Å². The number of carbonyl (C=O) groups excluding carboxylic acids is 1. The second-order valence-electron chi connectivity index (χ2n) is 4.12. The van der Waals surface area contributed by atoms with Crippen molar-refractivity contribution in [1.29, 1.82) is 0 Å². The summed E-state index contributed by atoms with van der Waals surface area (Å²) in [6.45, 7) is 1.60. The summed E-state index contributed by atoms with van der Waals surface area (Å²) in [6.07, 6.45) is 2.43. The fourth-order valence-electron chi connectivity index (χ4n) is 1.76. The van der Waals surface area contributed by atoms with E-state index in [4.69, 9.17) is 9.84 Å². The molecule has 6 nitrogen and oxygen atoms in total. The third-order valence-corrected chi connectivity index (χ3v) is 2.83. The number of carboxylic acid groups (broad SMARTS) is 1. The summed E-state index contributed by atoms with van der Waals surface area (Å²) in [5, 5.41) is 9.13. The van der Waals surface area contributed by atoms with Crippen LogP contribution in [0.1, 0.15) is 32.8 Å². The number of hydrogen-bond donors (Lipinski definition) is 1. The van der Waals surface area contributed by atoms with Crippen molar-refractivity contribution in [1.82, 2.24) is 9.88 Å². The predicted molar refractivity (Wildman–Crippen MR) is 62.4 cm³/mol. The maximum Gasteiger partial charge on any atom is 0.338 e. The summed E-state index contributed by atoms with van der Waals surface area (Å²) in [5.74, 6) is -1.47. The molecule has 1 saturated heterocycles. The van der Waals surface area contributed by atoms with Crippen LogP contribution >= 0.6 is 0 Å². The summed E-state index contributed by atoms with van der Waals surface area (Å²) in [5.41, 5.74) is 0.568. The minimum atomic E-state index is -1.15. The average Bonchev–Trinajstić information content (AvgIpc) is 2.26. The van der Waals surface area contributed by atoms with Crippen molar-refractivity contribution in [3.63, 3.8) is 0 Å². The number of carbonyl (C=O) groups is 2. The number of hydrogen-bond acceptors (Lipinski definition) is 4. The van der Waals surface area contributed by atoms with Crippen molar-refractivity contribution in [2.75, 3.05) is 20.2 Å². The normalized spacial score (nSPS) is 14.2. The average molecular weight is 250 g/mol. The summed E-state index contributed by atoms with van der Waals surface area (Å²) in [7, 11) is 1.51. The smallest absolute Gasteiger partial charge is 0.338 e. The van der Waals surface area contributed by atoms with E-state index in [2.05, 4.69) is 4.98 Å². The number of pyridine rings is 1. The van der Waals surface area contributed by atoms with Gasteiger partial charge in [0.25, 0.3) is 5.91 Å². The lowest BCUT2D eigenvalue weighted by Crippen LogP contribution is -2.43. The van der Waals surface area contributed by atoms with Crippen molar-refractivity contribution < 1.29 is 19.4 Å². The van der Waals surface area contributed by atoms with E-state index < -0.39 is 5.97 Å². The number of aromatic carboxylic acids is 1. The van der Waals surface area contributed by atoms with Gasteiger partial charge >= 0.3 is 5.97 Å². The van der Waals surface area contributed by atoms with Gasteiger partial charge in [0.2, 0.25) is 0 Å². The van der Waals surface area contributed by atoms with Gasteiger partial charge in [0.05, 0.1) is 12.2 Å². The van der Waals surface area contributed by atoms with Gasteiger partial charge in [-0.2, -0.15) is 0 Å². The second-order valence-corrected chi connectivity index (χ2v) is 4.12. The first-order chi connectivity index (χ1) is 8.63. The van der Waals surface area contributed by atoms with Gasteiger partial charge in [-0.05, 0) is 18.1 Å². The van der Waals surface area contributed by atoms with Crippen LogP contribution in [0.25, 0.3) is 0 Å². The molecule has 2 rings (SSSR count). The molecule has 0 aromatic carbocycles. The standard InChI is InChI=1S/C12H14N2O4/c1-18-7-8-5-9(12(16)17)10(13-6-8)11(15)14-3-2-4-14/h5-6H,2-4,7H2,1H3,(H,16,17). The minimum absolute atomic E-state index is 0.00190. The number of ether oxygens (including phenoxy) is 1. The van der Waals surface area contributed by atoms with Gasteiger partial charge in [-0.3, -0.25) is 4.79 Å². The van der Waals surface area contributed by atoms with Gasteiger partial charge in [-0.1, -0.05) is 0 Å². The maximum absolute atomic E-state index is 12.0. The molecule has 1 aromatic heterocycles. The van der Waals surface area contributed by atoms with E-state index in [1.54, 1.807) is 4.90 Å². The van der Waals surface area contributed by atoms with Crippen LogP contribution in [0.3, 0.4) is 0 Å². The number of carboxylic acids is 1. The van der Waals surface area contributed by atoms with Crippen LogP contribution in [0, 0.1) is 0 Å². The number of methoxy groups -OCH3 is 1. The molecule has 1 aliphatic rings. The van der Waals surface area contributed by atoms with Crippen LogP contribution in [-0.2, 0) is 11.3 Å². The molecule has 0 unspecified atom stereocenters. The van der Waals surface area contributed by atoms with Gasteiger partial charge in [0.1, 0.15) is 5.69 Å². The van der Waals surface area contributed by atoms with E-state index in [1.165, 1.54) is 19.4 Å². The molecule has 1 amide bonds. The molecular weight excluding hydrogens is 236 g/mol. The highest BCUT2D eigenvalue weighted by atomic mass is 16.5. The van der Waals surface area contributed by atoms with Gasteiger partial charge in [0, 0.05) is 26.4 Å². The Balaban J connectivity index is 2.33. The minimum Gasteiger partial charge on any atom is -0.478 e. The zero-order valence-electron chi connectivity index (χ0n) is 10.0. The van der Waals surface area contributed by atoms with Gasteiger partial charge in [-0.15, -0.1) is 0 Å². The van der Waals surface area contributed by atoms with E-state index in [1.807, 2.05) is 0 Å². The molecule has 0 aliphatic carbocycles. The first-order valence-corrected chi connectivity index (χ1v) is 5.64.